The molecule has 1 atom stereocenters. The molecule has 0 N–H and O–H groups in total. The molecule has 0 amide bonds. The second kappa shape index (κ2) is 8.44. The highest BCUT2D eigenvalue weighted by Gasteiger charge is 2.26. The minimum Gasteiger partial charge on any atom is -0.338 e. The quantitative estimate of drug-likeness (QED) is 0.769. The largest absolute Gasteiger partial charge is 0.338 e. The van der Waals surface area contributed by atoms with Gasteiger partial charge >= 0.3 is 0 Å². The van der Waals surface area contributed by atoms with E-state index >= 15 is 0 Å². The smallest absolute Gasteiger partial charge is 0.240 e. The van der Waals surface area contributed by atoms with Gasteiger partial charge < -0.3 is 4.52 Å². The first kappa shape index (κ1) is 17.2. The Morgan fingerprint density at radius 3 is 3.00 bits per heavy atom. The average molecular weight is 345 g/mol. The van der Waals surface area contributed by atoms with Crippen molar-refractivity contribution in [1.82, 2.24) is 15.0 Å². The second-order valence-corrected chi connectivity index (χ2v) is 7.11. The highest BCUT2D eigenvalue weighted by molar-refractivity contribution is 7.97. The van der Waals surface area contributed by atoms with E-state index in [1.807, 2.05) is 36.6 Å². The van der Waals surface area contributed by atoms with E-state index < -0.39 is 0 Å². The third-order valence-corrected chi connectivity index (χ3v) is 4.87. The van der Waals surface area contributed by atoms with E-state index in [2.05, 4.69) is 15.0 Å². The lowest BCUT2D eigenvalue weighted by Crippen LogP contribution is -2.38. The number of ketones is 1. The molecule has 0 aliphatic carbocycles. The van der Waals surface area contributed by atoms with Crippen molar-refractivity contribution in [2.24, 2.45) is 5.92 Å². The molecule has 0 radical (unpaired) electrons. The number of carbonyl (C=O) groups is 1. The number of hydrogen-bond donors (Lipinski definition) is 0. The van der Waals surface area contributed by atoms with E-state index in [1.165, 1.54) is 0 Å². The van der Waals surface area contributed by atoms with Crippen LogP contribution in [0.3, 0.4) is 0 Å². The fraction of sp³-hybridized carbons (Fsp3) is 0.500. The summed E-state index contributed by atoms with van der Waals surface area (Å²) in [5.41, 5.74) is 1.10. The summed E-state index contributed by atoms with van der Waals surface area (Å²) in [5, 5.41) is 3.98. The van der Waals surface area contributed by atoms with Crippen molar-refractivity contribution >= 4 is 17.5 Å². The molecule has 24 heavy (non-hydrogen) atoms. The maximum absolute atomic E-state index is 12.6. The third-order valence-electron chi connectivity index (χ3n) is 4.32. The predicted molar refractivity (Wildman–Crippen MR) is 94.7 cm³/mol. The minimum atomic E-state index is 0.104. The lowest BCUT2D eigenvalue weighted by Gasteiger charge is -2.30. The number of likely N-dealkylation sites (tertiary alicyclic amines) is 1. The highest BCUT2D eigenvalue weighted by Crippen LogP contribution is 2.21. The molecular weight excluding hydrogens is 322 g/mol. The maximum atomic E-state index is 12.6. The minimum absolute atomic E-state index is 0.104. The van der Waals surface area contributed by atoms with Crippen LogP contribution < -0.4 is 0 Å². The number of piperidine rings is 1. The van der Waals surface area contributed by atoms with Gasteiger partial charge in [0, 0.05) is 18.9 Å². The molecule has 1 aliphatic rings. The Labute approximate surface area is 146 Å². The van der Waals surface area contributed by atoms with Gasteiger partial charge in [-0.15, -0.1) is 0 Å². The molecular formula is C18H23N3O2S. The summed E-state index contributed by atoms with van der Waals surface area (Å²) in [6, 6.07) is 9.98. The molecule has 1 unspecified atom stereocenters. The van der Waals surface area contributed by atoms with Crippen molar-refractivity contribution in [2.45, 2.75) is 31.6 Å². The van der Waals surface area contributed by atoms with Crippen LogP contribution in [0.5, 0.6) is 0 Å². The normalized spacial score (nSPS) is 18.6. The molecule has 6 heteroatoms. The molecule has 0 spiro atoms. The van der Waals surface area contributed by atoms with Gasteiger partial charge in [-0.2, -0.15) is 16.7 Å². The maximum Gasteiger partial charge on any atom is 0.240 e. The van der Waals surface area contributed by atoms with Crippen LogP contribution in [0, 0.1) is 5.92 Å². The van der Waals surface area contributed by atoms with Crippen LogP contribution in [0.1, 0.15) is 30.1 Å². The molecule has 0 saturated carbocycles. The second-order valence-electron chi connectivity index (χ2n) is 6.24. The molecule has 0 bridgehead atoms. The van der Waals surface area contributed by atoms with Crippen molar-refractivity contribution in [1.29, 1.82) is 0 Å². The number of hydrogen-bond acceptors (Lipinski definition) is 6. The Hall–Kier alpha value is -1.66. The number of Topliss-reactive ketones (excluding diaryl/α,β-unsaturated/α-hetero) is 1. The molecule has 1 saturated heterocycles. The van der Waals surface area contributed by atoms with Crippen LogP contribution >= 0.6 is 11.8 Å². The van der Waals surface area contributed by atoms with Crippen LogP contribution in [0.4, 0.5) is 0 Å². The molecule has 5 nitrogen and oxygen atoms in total. The summed E-state index contributed by atoms with van der Waals surface area (Å²) in [6.45, 7) is 2.40. The summed E-state index contributed by atoms with van der Waals surface area (Å²) < 4.78 is 5.31. The molecule has 1 aromatic heterocycles. The Balaban J connectivity index is 1.54. The number of carbonyl (C=O) groups excluding carboxylic acids is 1. The van der Waals surface area contributed by atoms with Crippen molar-refractivity contribution in [3.05, 3.63) is 47.6 Å². The molecule has 1 aliphatic heterocycles. The average Bonchev–Trinajstić information content (AvgIpc) is 3.03. The van der Waals surface area contributed by atoms with Gasteiger partial charge in [0.2, 0.25) is 5.89 Å². The number of rotatable bonds is 7. The predicted octanol–water partition coefficient (Wildman–Crippen LogP) is 2.96. The third kappa shape index (κ3) is 4.68. The number of nitrogens with zero attached hydrogens (tertiary/aromatic N) is 3. The fourth-order valence-electron chi connectivity index (χ4n) is 3.14. The summed E-state index contributed by atoms with van der Waals surface area (Å²) in [5.74, 6) is 2.59. The van der Waals surface area contributed by atoms with E-state index in [-0.39, 0.29) is 5.92 Å². The topological polar surface area (TPSA) is 59.2 Å². The first-order valence-corrected chi connectivity index (χ1v) is 9.73. The molecule has 1 fully saturated rings. The lowest BCUT2D eigenvalue weighted by atomic mass is 9.90. The monoisotopic (exact) mass is 345 g/mol. The first-order chi connectivity index (χ1) is 11.7. The number of benzene rings is 1. The van der Waals surface area contributed by atoms with Crippen LogP contribution in [0.25, 0.3) is 0 Å². The zero-order valence-corrected chi connectivity index (χ0v) is 14.8. The summed E-state index contributed by atoms with van der Waals surface area (Å²) in [6.07, 6.45) is 4.56. The summed E-state index contributed by atoms with van der Waals surface area (Å²) in [7, 11) is 0. The summed E-state index contributed by atoms with van der Waals surface area (Å²) in [4.78, 5) is 19.2. The van der Waals surface area contributed by atoms with Crippen LogP contribution in [0.15, 0.2) is 34.9 Å². The lowest BCUT2D eigenvalue weighted by molar-refractivity contribution is -0.124. The van der Waals surface area contributed by atoms with Gasteiger partial charge in [0.15, 0.2) is 5.82 Å². The van der Waals surface area contributed by atoms with Crippen molar-refractivity contribution in [3.8, 4) is 0 Å². The molecule has 2 heterocycles. The summed E-state index contributed by atoms with van der Waals surface area (Å²) >= 11 is 1.68. The van der Waals surface area contributed by atoms with Gasteiger partial charge in [0.1, 0.15) is 5.78 Å². The van der Waals surface area contributed by atoms with Crippen molar-refractivity contribution < 1.29 is 9.32 Å². The van der Waals surface area contributed by atoms with Gasteiger partial charge in [0.05, 0.1) is 12.3 Å². The Morgan fingerprint density at radius 2 is 2.21 bits per heavy atom. The molecule has 128 valence electrons. The zero-order valence-electron chi connectivity index (χ0n) is 14.0. The Bertz CT molecular complexity index is 659. The van der Waals surface area contributed by atoms with Gasteiger partial charge in [-0.25, -0.2) is 0 Å². The van der Waals surface area contributed by atoms with Gasteiger partial charge in [-0.1, -0.05) is 35.5 Å². The van der Waals surface area contributed by atoms with Gasteiger partial charge in [-0.3, -0.25) is 9.69 Å². The van der Waals surface area contributed by atoms with E-state index in [4.69, 9.17) is 4.52 Å². The van der Waals surface area contributed by atoms with Crippen LogP contribution in [-0.4, -0.2) is 40.2 Å². The zero-order chi connectivity index (χ0) is 16.8. The van der Waals surface area contributed by atoms with E-state index in [0.717, 1.165) is 43.1 Å². The van der Waals surface area contributed by atoms with Crippen LogP contribution in [-0.2, 0) is 23.5 Å². The molecule has 1 aromatic carbocycles. The Morgan fingerprint density at radius 1 is 1.38 bits per heavy atom. The number of aromatic nitrogens is 2. The van der Waals surface area contributed by atoms with Crippen molar-refractivity contribution in [3.63, 3.8) is 0 Å². The standard InChI is InChI=1S/C18H23N3O2S/c1-24-13-17-19-18(23-20-17)12-21-9-5-8-15(11-21)16(22)10-14-6-3-2-4-7-14/h2-4,6-7,15H,5,8-13H2,1H3. The SMILES string of the molecule is CSCc1noc(CN2CCCC(C(=O)Cc3ccccc3)C2)n1. The first-order valence-electron chi connectivity index (χ1n) is 8.34. The molecule has 3 rings (SSSR count). The van der Waals surface area contributed by atoms with E-state index in [9.17, 15) is 4.79 Å². The van der Waals surface area contributed by atoms with Crippen molar-refractivity contribution in [2.75, 3.05) is 19.3 Å². The van der Waals surface area contributed by atoms with Gasteiger partial charge in [-0.05, 0) is 31.2 Å². The van der Waals surface area contributed by atoms with Crippen LogP contribution in [0.2, 0.25) is 0 Å². The number of thioether (sulfide) groups is 1. The molecule has 2 aromatic rings. The van der Waals surface area contributed by atoms with E-state index in [1.54, 1.807) is 11.8 Å². The highest BCUT2D eigenvalue weighted by atomic mass is 32.2. The van der Waals surface area contributed by atoms with E-state index in [0.29, 0.717) is 24.6 Å². The fourth-order valence-corrected chi connectivity index (χ4v) is 3.51. The Kier molecular flexibility index (Phi) is 6.04. The van der Waals surface area contributed by atoms with Gasteiger partial charge in [0.25, 0.3) is 0 Å².